The summed E-state index contributed by atoms with van der Waals surface area (Å²) in [4.78, 5) is 14.5. The van der Waals surface area contributed by atoms with Crippen LogP contribution in [0.4, 0.5) is 5.69 Å². The third kappa shape index (κ3) is 4.24. The maximum atomic E-state index is 10.8. The van der Waals surface area contributed by atoms with Crippen LogP contribution in [-0.4, -0.2) is 17.0 Å². The topological polar surface area (TPSA) is 77.3 Å². The molecule has 0 fully saturated rings. The zero-order chi connectivity index (χ0) is 15.2. The molecule has 0 bridgehead atoms. The van der Waals surface area contributed by atoms with Crippen molar-refractivity contribution in [3.8, 4) is 5.75 Å². The molecule has 2 rings (SSSR count). The molecule has 0 atom stereocenters. The number of halogens is 1. The van der Waals surface area contributed by atoms with E-state index in [0.29, 0.717) is 18.9 Å². The monoisotopic (exact) mass is 351 g/mol. The number of benzene rings is 1. The Labute approximate surface area is 130 Å². The maximum absolute atomic E-state index is 10.8. The first kappa shape index (κ1) is 15.4. The third-order valence-corrected chi connectivity index (χ3v) is 3.21. The maximum Gasteiger partial charge on any atom is 0.270 e. The van der Waals surface area contributed by atoms with E-state index in [1.54, 1.807) is 25.5 Å². The fourth-order valence-corrected chi connectivity index (χ4v) is 2.26. The summed E-state index contributed by atoms with van der Waals surface area (Å²) in [6.07, 6.45) is 3.41. The molecule has 1 heterocycles. The largest absolute Gasteiger partial charge is 0.489 e. The van der Waals surface area contributed by atoms with Gasteiger partial charge in [-0.15, -0.1) is 0 Å². The van der Waals surface area contributed by atoms with Crippen molar-refractivity contribution in [2.75, 3.05) is 7.05 Å². The van der Waals surface area contributed by atoms with Crippen LogP contribution < -0.4 is 10.1 Å². The predicted octanol–water partition coefficient (Wildman–Crippen LogP) is 3.05. The number of hydrogen-bond donors (Lipinski definition) is 1. The number of pyridine rings is 1. The Morgan fingerprint density at radius 2 is 2.19 bits per heavy atom. The highest BCUT2D eigenvalue weighted by atomic mass is 79.9. The van der Waals surface area contributed by atoms with Gasteiger partial charge in [0.2, 0.25) is 0 Å². The second-order valence-electron chi connectivity index (χ2n) is 4.38. The highest BCUT2D eigenvalue weighted by Crippen LogP contribution is 2.25. The molecule has 0 saturated heterocycles. The lowest BCUT2D eigenvalue weighted by atomic mass is 10.1. The van der Waals surface area contributed by atoms with E-state index in [2.05, 4.69) is 26.2 Å². The van der Waals surface area contributed by atoms with Gasteiger partial charge in [0.15, 0.2) is 0 Å². The van der Waals surface area contributed by atoms with E-state index in [1.807, 2.05) is 6.07 Å². The highest BCUT2D eigenvalue weighted by molar-refractivity contribution is 9.10. The number of ether oxygens (including phenoxy) is 1. The van der Waals surface area contributed by atoms with Crippen molar-refractivity contribution in [2.45, 2.75) is 13.2 Å². The Morgan fingerprint density at radius 3 is 2.86 bits per heavy atom. The van der Waals surface area contributed by atoms with Gasteiger partial charge in [0, 0.05) is 46.7 Å². The van der Waals surface area contributed by atoms with Crippen LogP contribution in [0.2, 0.25) is 0 Å². The van der Waals surface area contributed by atoms with E-state index >= 15 is 0 Å². The van der Waals surface area contributed by atoms with Crippen LogP contribution in [0.3, 0.4) is 0 Å². The normalized spacial score (nSPS) is 10.4. The van der Waals surface area contributed by atoms with Crippen LogP contribution in [0.25, 0.3) is 0 Å². The molecule has 0 amide bonds. The first-order valence-electron chi connectivity index (χ1n) is 6.24. The Kier molecular flexibility index (Phi) is 5.24. The number of nitro benzene ring substituents is 1. The molecule has 0 saturated carbocycles. The van der Waals surface area contributed by atoms with E-state index in [9.17, 15) is 10.1 Å². The van der Waals surface area contributed by atoms with E-state index < -0.39 is 4.92 Å². The number of rotatable bonds is 6. The van der Waals surface area contributed by atoms with E-state index in [0.717, 1.165) is 15.6 Å². The van der Waals surface area contributed by atoms with Gasteiger partial charge >= 0.3 is 0 Å². The average molecular weight is 352 g/mol. The summed E-state index contributed by atoms with van der Waals surface area (Å²) in [5.74, 6) is 0.620. The van der Waals surface area contributed by atoms with Gasteiger partial charge in [-0.25, -0.2) is 0 Å². The number of non-ortho nitro benzene ring substituents is 1. The van der Waals surface area contributed by atoms with Gasteiger partial charge in [-0.3, -0.25) is 15.1 Å². The molecule has 0 aliphatic rings. The molecule has 1 aromatic heterocycles. The van der Waals surface area contributed by atoms with Crippen LogP contribution in [0.1, 0.15) is 11.1 Å². The van der Waals surface area contributed by atoms with Crippen molar-refractivity contribution >= 4 is 21.6 Å². The summed E-state index contributed by atoms with van der Waals surface area (Å²) in [6.45, 7) is 0.842. The third-order valence-electron chi connectivity index (χ3n) is 2.78. The summed E-state index contributed by atoms with van der Waals surface area (Å²) in [7, 11) is 1.78. The van der Waals surface area contributed by atoms with Gasteiger partial charge in [-0.2, -0.15) is 0 Å². The predicted molar refractivity (Wildman–Crippen MR) is 82.1 cm³/mol. The molecule has 0 unspecified atom stereocenters. The Balaban J connectivity index is 2.16. The lowest BCUT2D eigenvalue weighted by molar-refractivity contribution is -0.384. The van der Waals surface area contributed by atoms with Gasteiger partial charge in [0.05, 0.1) is 4.92 Å². The number of aromatic nitrogens is 1. The van der Waals surface area contributed by atoms with Crippen molar-refractivity contribution < 1.29 is 9.66 Å². The highest BCUT2D eigenvalue weighted by Gasteiger charge is 2.11. The molecular formula is C14H14BrN3O3. The minimum atomic E-state index is -0.416. The van der Waals surface area contributed by atoms with Gasteiger partial charge in [-0.05, 0) is 35.1 Å². The lowest BCUT2D eigenvalue weighted by Gasteiger charge is -2.11. The first-order valence-corrected chi connectivity index (χ1v) is 7.03. The van der Waals surface area contributed by atoms with E-state index in [1.165, 1.54) is 12.1 Å². The molecule has 0 spiro atoms. The summed E-state index contributed by atoms with van der Waals surface area (Å²) in [6, 6.07) is 6.49. The quantitative estimate of drug-likeness (QED) is 0.639. The molecule has 6 nitrogen and oxygen atoms in total. The Morgan fingerprint density at radius 1 is 1.38 bits per heavy atom. The number of nitro groups is 1. The zero-order valence-electron chi connectivity index (χ0n) is 11.4. The number of hydrogen-bond acceptors (Lipinski definition) is 5. The van der Waals surface area contributed by atoms with Gasteiger partial charge in [0.25, 0.3) is 5.69 Å². The summed E-state index contributed by atoms with van der Waals surface area (Å²) in [5.41, 5.74) is 1.71. The Bertz CT molecular complexity index is 649. The number of nitrogens with zero attached hydrogens (tertiary/aromatic N) is 2. The average Bonchev–Trinajstić information content (AvgIpc) is 2.46. The molecule has 110 valence electrons. The van der Waals surface area contributed by atoms with Gasteiger partial charge in [-0.1, -0.05) is 0 Å². The molecule has 2 aromatic rings. The Hall–Kier alpha value is -1.99. The lowest BCUT2D eigenvalue weighted by Crippen LogP contribution is -2.08. The molecule has 0 radical (unpaired) electrons. The van der Waals surface area contributed by atoms with Crippen LogP contribution in [0.15, 0.2) is 41.1 Å². The van der Waals surface area contributed by atoms with Gasteiger partial charge < -0.3 is 10.1 Å². The molecule has 1 N–H and O–H groups in total. The molecule has 7 heteroatoms. The second kappa shape index (κ2) is 7.14. The minimum Gasteiger partial charge on any atom is -0.489 e. The van der Waals surface area contributed by atoms with Crippen LogP contribution in [-0.2, 0) is 13.2 Å². The summed E-state index contributed by atoms with van der Waals surface area (Å²) in [5, 5.41) is 13.8. The van der Waals surface area contributed by atoms with Crippen molar-refractivity contribution in [1.82, 2.24) is 10.3 Å². The standard InChI is InChI=1S/C14H14BrN3O3/c1-16-7-11-5-13(18(19)20)2-3-14(11)21-9-10-4-12(15)8-17-6-10/h2-6,8,16H,7,9H2,1H3. The van der Waals surface area contributed by atoms with E-state index in [4.69, 9.17) is 4.74 Å². The zero-order valence-corrected chi connectivity index (χ0v) is 13.0. The summed E-state index contributed by atoms with van der Waals surface area (Å²) < 4.78 is 6.62. The minimum absolute atomic E-state index is 0.0525. The fraction of sp³-hybridized carbons (Fsp3) is 0.214. The fourth-order valence-electron chi connectivity index (χ4n) is 1.84. The van der Waals surface area contributed by atoms with Crippen LogP contribution in [0, 0.1) is 10.1 Å². The molecule has 0 aliphatic heterocycles. The molecule has 1 aromatic carbocycles. The molecule has 21 heavy (non-hydrogen) atoms. The van der Waals surface area contributed by atoms with Crippen molar-refractivity contribution in [1.29, 1.82) is 0 Å². The molecule has 0 aliphatic carbocycles. The SMILES string of the molecule is CNCc1cc([N+](=O)[O-])ccc1OCc1cncc(Br)c1. The van der Waals surface area contributed by atoms with Crippen LogP contribution >= 0.6 is 15.9 Å². The smallest absolute Gasteiger partial charge is 0.270 e. The first-order chi connectivity index (χ1) is 10.1. The van der Waals surface area contributed by atoms with E-state index in [-0.39, 0.29) is 5.69 Å². The van der Waals surface area contributed by atoms with Gasteiger partial charge in [0.1, 0.15) is 12.4 Å². The molecular weight excluding hydrogens is 338 g/mol. The van der Waals surface area contributed by atoms with Crippen LogP contribution in [0.5, 0.6) is 5.75 Å². The van der Waals surface area contributed by atoms with Crippen molar-refractivity contribution in [2.24, 2.45) is 0 Å². The summed E-state index contributed by atoms with van der Waals surface area (Å²) >= 11 is 3.35. The van der Waals surface area contributed by atoms with Crippen molar-refractivity contribution in [3.63, 3.8) is 0 Å². The number of nitrogens with one attached hydrogen (secondary N) is 1. The van der Waals surface area contributed by atoms with Crippen molar-refractivity contribution in [3.05, 3.63) is 62.4 Å². The second-order valence-corrected chi connectivity index (χ2v) is 5.30.